The molecule has 7 heteroatoms. The highest BCUT2D eigenvalue weighted by molar-refractivity contribution is 7.98. The smallest absolute Gasteiger partial charge is 0.224 e. The van der Waals surface area contributed by atoms with Gasteiger partial charge >= 0.3 is 0 Å². The van der Waals surface area contributed by atoms with E-state index in [0.717, 1.165) is 22.0 Å². The van der Waals surface area contributed by atoms with Crippen molar-refractivity contribution in [2.75, 3.05) is 5.32 Å². The third kappa shape index (κ3) is 6.20. The second-order valence-corrected chi connectivity index (χ2v) is 8.44. The maximum Gasteiger partial charge on any atom is 0.224 e. The Morgan fingerprint density at radius 3 is 2.70 bits per heavy atom. The van der Waals surface area contributed by atoms with Gasteiger partial charge in [0.1, 0.15) is 0 Å². The van der Waals surface area contributed by atoms with Crippen LogP contribution in [0.15, 0.2) is 65.8 Å². The SMILES string of the molecule is O=C(CCC(=O)c1ccc(Cl)s1)Nc1cccc(CSc2ccccn2)c1. The van der Waals surface area contributed by atoms with Crippen LogP contribution in [-0.2, 0) is 10.5 Å². The molecule has 0 saturated carbocycles. The van der Waals surface area contributed by atoms with Crippen LogP contribution >= 0.6 is 34.7 Å². The molecule has 0 spiro atoms. The molecule has 0 aliphatic heterocycles. The number of ketones is 1. The van der Waals surface area contributed by atoms with Crippen molar-refractivity contribution in [1.82, 2.24) is 4.98 Å². The number of amides is 1. The van der Waals surface area contributed by atoms with Crippen molar-refractivity contribution in [3.05, 3.63) is 75.6 Å². The first-order valence-electron chi connectivity index (χ1n) is 8.31. The van der Waals surface area contributed by atoms with E-state index in [9.17, 15) is 9.59 Å². The maximum atomic E-state index is 12.1. The summed E-state index contributed by atoms with van der Waals surface area (Å²) in [6.45, 7) is 0. The Morgan fingerprint density at radius 1 is 1.07 bits per heavy atom. The normalized spacial score (nSPS) is 10.6. The first-order chi connectivity index (χ1) is 13.1. The summed E-state index contributed by atoms with van der Waals surface area (Å²) >= 11 is 8.71. The number of hydrogen-bond acceptors (Lipinski definition) is 5. The van der Waals surface area contributed by atoms with Crippen molar-refractivity contribution in [3.63, 3.8) is 0 Å². The fourth-order valence-corrected chi connectivity index (χ4v) is 4.18. The zero-order valence-corrected chi connectivity index (χ0v) is 16.7. The van der Waals surface area contributed by atoms with E-state index in [2.05, 4.69) is 10.3 Å². The lowest BCUT2D eigenvalue weighted by Crippen LogP contribution is -2.13. The number of nitrogens with one attached hydrogen (secondary N) is 1. The number of rotatable bonds is 8. The average molecular weight is 417 g/mol. The van der Waals surface area contributed by atoms with Gasteiger partial charge in [-0.15, -0.1) is 23.1 Å². The Kier molecular flexibility index (Phi) is 7.04. The van der Waals surface area contributed by atoms with E-state index >= 15 is 0 Å². The van der Waals surface area contributed by atoms with Crippen LogP contribution in [0.1, 0.15) is 28.1 Å². The molecule has 2 aromatic heterocycles. The first-order valence-corrected chi connectivity index (χ1v) is 10.5. The molecule has 0 unspecified atom stereocenters. The van der Waals surface area contributed by atoms with E-state index in [0.29, 0.717) is 9.21 Å². The summed E-state index contributed by atoms with van der Waals surface area (Å²) in [5.41, 5.74) is 1.82. The van der Waals surface area contributed by atoms with Gasteiger partial charge in [0.25, 0.3) is 0 Å². The largest absolute Gasteiger partial charge is 0.326 e. The number of hydrogen-bond donors (Lipinski definition) is 1. The van der Waals surface area contributed by atoms with E-state index in [1.807, 2.05) is 42.5 Å². The van der Waals surface area contributed by atoms with Crippen LogP contribution in [0.25, 0.3) is 0 Å². The number of halogens is 1. The topological polar surface area (TPSA) is 59.1 Å². The summed E-state index contributed by atoms with van der Waals surface area (Å²) < 4.78 is 0.572. The van der Waals surface area contributed by atoms with Crippen LogP contribution in [0, 0.1) is 0 Å². The molecular formula is C20H17ClN2O2S2. The zero-order chi connectivity index (χ0) is 19.1. The Labute approximate surface area is 171 Å². The van der Waals surface area contributed by atoms with Gasteiger partial charge in [0.05, 0.1) is 14.2 Å². The monoisotopic (exact) mass is 416 g/mol. The molecule has 4 nitrogen and oxygen atoms in total. The van der Waals surface area contributed by atoms with Gasteiger partial charge in [-0.25, -0.2) is 4.98 Å². The van der Waals surface area contributed by atoms with Crippen LogP contribution in [-0.4, -0.2) is 16.7 Å². The number of pyridine rings is 1. The maximum absolute atomic E-state index is 12.1. The van der Waals surface area contributed by atoms with E-state index in [-0.39, 0.29) is 24.5 Å². The van der Waals surface area contributed by atoms with Crippen molar-refractivity contribution in [2.24, 2.45) is 0 Å². The predicted octanol–water partition coefficient (Wildman–Crippen LogP) is 5.69. The number of anilines is 1. The predicted molar refractivity (Wildman–Crippen MR) is 112 cm³/mol. The summed E-state index contributed by atoms with van der Waals surface area (Å²) in [7, 11) is 0. The number of carbonyl (C=O) groups is 2. The lowest BCUT2D eigenvalue weighted by Gasteiger charge is -2.07. The number of aromatic nitrogens is 1. The quantitative estimate of drug-likeness (QED) is 0.378. The molecule has 3 aromatic rings. The van der Waals surface area contributed by atoms with Gasteiger partial charge in [0.2, 0.25) is 5.91 Å². The molecule has 0 saturated heterocycles. The fourth-order valence-electron chi connectivity index (χ4n) is 2.37. The molecule has 1 aromatic carbocycles. The highest BCUT2D eigenvalue weighted by atomic mass is 35.5. The number of thiophene rings is 1. The molecule has 0 bridgehead atoms. The second kappa shape index (κ2) is 9.69. The van der Waals surface area contributed by atoms with E-state index in [1.54, 1.807) is 30.1 Å². The van der Waals surface area contributed by atoms with Gasteiger partial charge in [-0.2, -0.15) is 0 Å². The summed E-state index contributed by atoms with van der Waals surface area (Å²) in [5, 5.41) is 3.81. The summed E-state index contributed by atoms with van der Waals surface area (Å²) in [4.78, 5) is 29.1. The molecule has 1 N–H and O–H groups in total. The molecule has 0 aliphatic carbocycles. The molecule has 27 heavy (non-hydrogen) atoms. The zero-order valence-electron chi connectivity index (χ0n) is 14.4. The standard InChI is InChI=1S/C20H17ClN2O2S2/c21-18-9-8-17(27-18)16(24)7-10-19(25)23-15-5-3-4-14(12-15)13-26-20-6-1-2-11-22-20/h1-6,8-9,11-12H,7,10,13H2,(H,23,25). The summed E-state index contributed by atoms with van der Waals surface area (Å²) in [6.07, 6.45) is 2.07. The minimum atomic E-state index is -0.180. The fraction of sp³-hybridized carbons (Fsp3) is 0.150. The second-order valence-electron chi connectivity index (χ2n) is 5.73. The van der Waals surface area contributed by atoms with Gasteiger partial charge in [0.15, 0.2) is 5.78 Å². The minimum absolute atomic E-state index is 0.0671. The molecule has 0 aliphatic rings. The molecule has 2 heterocycles. The first kappa shape index (κ1) is 19.6. The molecule has 3 rings (SSSR count). The molecular weight excluding hydrogens is 400 g/mol. The van der Waals surface area contributed by atoms with Crippen LogP contribution in [0.2, 0.25) is 4.34 Å². The van der Waals surface area contributed by atoms with Crippen molar-refractivity contribution >= 4 is 52.1 Å². The Hall–Kier alpha value is -2.15. The van der Waals surface area contributed by atoms with E-state index < -0.39 is 0 Å². The van der Waals surface area contributed by atoms with Gasteiger partial charge in [-0.3, -0.25) is 9.59 Å². The molecule has 0 fully saturated rings. The van der Waals surface area contributed by atoms with Gasteiger partial charge < -0.3 is 5.32 Å². The van der Waals surface area contributed by atoms with Crippen molar-refractivity contribution in [2.45, 2.75) is 23.6 Å². The van der Waals surface area contributed by atoms with Gasteiger partial charge in [0, 0.05) is 30.5 Å². The lowest BCUT2D eigenvalue weighted by atomic mass is 10.1. The van der Waals surface area contributed by atoms with Crippen LogP contribution in [0.4, 0.5) is 5.69 Å². The van der Waals surface area contributed by atoms with E-state index in [1.165, 1.54) is 11.3 Å². The van der Waals surface area contributed by atoms with E-state index in [4.69, 9.17) is 11.6 Å². The number of Topliss-reactive ketones (excluding diaryl/α,β-unsaturated/α-hetero) is 1. The molecule has 1 amide bonds. The van der Waals surface area contributed by atoms with Gasteiger partial charge in [-0.05, 0) is 42.0 Å². The van der Waals surface area contributed by atoms with Crippen molar-refractivity contribution < 1.29 is 9.59 Å². The highest BCUT2D eigenvalue weighted by Crippen LogP contribution is 2.24. The van der Waals surface area contributed by atoms with Crippen LogP contribution in [0.3, 0.4) is 0 Å². The molecule has 0 atom stereocenters. The summed E-state index contributed by atoms with van der Waals surface area (Å²) in [6, 6.07) is 16.9. The minimum Gasteiger partial charge on any atom is -0.326 e. The third-order valence-electron chi connectivity index (χ3n) is 3.66. The van der Waals surface area contributed by atoms with Crippen LogP contribution < -0.4 is 5.32 Å². The van der Waals surface area contributed by atoms with Crippen molar-refractivity contribution in [1.29, 1.82) is 0 Å². The average Bonchev–Trinajstić information content (AvgIpc) is 3.12. The lowest BCUT2D eigenvalue weighted by molar-refractivity contribution is -0.116. The number of carbonyl (C=O) groups excluding carboxylic acids is 2. The Balaban J connectivity index is 1.49. The van der Waals surface area contributed by atoms with Crippen LogP contribution in [0.5, 0.6) is 0 Å². The Bertz CT molecular complexity index is 928. The summed E-state index contributed by atoms with van der Waals surface area (Å²) in [5.74, 6) is 0.515. The molecule has 138 valence electrons. The number of benzene rings is 1. The highest BCUT2D eigenvalue weighted by Gasteiger charge is 2.12. The Morgan fingerprint density at radius 2 is 1.96 bits per heavy atom. The molecule has 0 radical (unpaired) electrons. The number of nitrogens with zero attached hydrogens (tertiary/aromatic N) is 1. The van der Waals surface area contributed by atoms with Crippen molar-refractivity contribution in [3.8, 4) is 0 Å². The number of thioether (sulfide) groups is 1. The van der Waals surface area contributed by atoms with Gasteiger partial charge in [-0.1, -0.05) is 29.8 Å². The third-order valence-corrected chi connectivity index (χ3v) is 5.95.